The van der Waals surface area contributed by atoms with Crippen LogP contribution in [0.2, 0.25) is 0 Å². The largest absolute Gasteiger partial charge is 0.463 e. The molecule has 0 atom stereocenters. The highest BCUT2D eigenvalue weighted by Gasteiger charge is 2.11. The van der Waals surface area contributed by atoms with Gasteiger partial charge in [0, 0.05) is 12.5 Å². The van der Waals surface area contributed by atoms with Crippen molar-refractivity contribution in [3.63, 3.8) is 0 Å². The smallest absolute Gasteiger partial charge is 0.156 e. The first-order valence-corrected chi connectivity index (χ1v) is 7.06. The predicted octanol–water partition coefficient (Wildman–Crippen LogP) is 0.770. The predicted molar refractivity (Wildman–Crippen MR) is 64.1 cm³/mol. The van der Waals surface area contributed by atoms with Crippen molar-refractivity contribution in [3.8, 4) is 11.5 Å². The van der Waals surface area contributed by atoms with Crippen LogP contribution in [0.1, 0.15) is 0 Å². The van der Waals surface area contributed by atoms with Gasteiger partial charge < -0.3 is 10.2 Å². The van der Waals surface area contributed by atoms with Crippen LogP contribution in [0.4, 0.5) is 5.69 Å². The summed E-state index contributed by atoms with van der Waals surface area (Å²) in [5.74, 6) is 0.603. The number of anilines is 1. The highest BCUT2D eigenvalue weighted by molar-refractivity contribution is 7.90. The molecule has 0 radical (unpaired) electrons. The Labute approximate surface area is 99.0 Å². The van der Waals surface area contributed by atoms with Gasteiger partial charge in [0.2, 0.25) is 0 Å². The van der Waals surface area contributed by atoms with E-state index in [0.717, 1.165) is 0 Å². The Morgan fingerprint density at radius 1 is 1.53 bits per heavy atom. The molecule has 0 bridgehead atoms. The van der Waals surface area contributed by atoms with Gasteiger partial charge in [0.25, 0.3) is 0 Å². The number of nitrogens with two attached hydrogens (primary N) is 1. The lowest BCUT2D eigenvalue weighted by molar-refractivity contribution is 0.572. The maximum atomic E-state index is 11.0. The number of hydrogen-bond donors (Lipinski definition) is 1. The monoisotopic (exact) mass is 255 g/mol. The average molecular weight is 255 g/mol. The fourth-order valence-corrected chi connectivity index (χ4v) is 1.93. The topological polar surface area (TPSA) is 91.1 Å². The van der Waals surface area contributed by atoms with E-state index >= 15 is 0 Å². The molecule has 7 heteroatoms. The summed E-state index contributed by atoms with van der Waals surface area (Å²) in [6.45, 7) is 0.281. The lowest BCUT2D eigenvalue weighted by Gasteiger charge is -1.98. The second-order valence-electron chi connectivity index (χ2n) is 3.80. The van der Waals surface area contributed by atoms with Gasteiger partial charge in [0.05, 0.1) is 24.2 Å². The Hall–Kier alpha value is -1.76. The molecular formula is C10H13N3O3S. The van der Waals surface area contributed by atoms with Gasteiger partial charge in [-0.05, 0) is 12.1 Å². The Morgan fingerprint density at radius 2 is 2.29 bits per heavy atom. The van der Waals surface area contributed by atoms with Crippen LogP contribution in [-0.2, 0) is 16.4 Å². The van der Waals surface area contributed by atoms with Gasteiger partial charge in [-0.1, -0.05) is 0 Å². The number of hydrogen-bond acceptors (Lipinski definition) is 5. The van der Waals surface area contributed by atoms with Gasteiger partial charge in [-0.15, -0.1) is 0 Å². The first-order valence-electron chi connectivity index (χ1n) is 5.00. The van der Waals surface area contributed by atoms with Crippen molar-refractivity contribution in [1.29, 1.82) is 0 Å². The maximum absolute atomic E-state index is 11.0. The molecule has 0 fully saturated rings. The molecule has 17 heavy (non-hydrogen) atoms. The van der Waals surface area contributed by atoms with Gasteiger partial charge in [-0.25, -0.2) is 8.42 Å². The summed E-state index contributed by atoms with van der Waals surface area (Å²) in [7, 11) is -3.00. The minimum absolute atomic E-state index is 0.0334. The van der Waals surface area contributed by atoms with Crippen LogP contribution in [0.5, 0.6) is 0 Å². The minimum Gasteiger partial charge on any atom is -0.463 e. The molecule has 0 saturated carbocycles. The van der Waals surface area contributed by atoms with E-state index < -0.39 is 9.84 Å². The standard InChI is InChI=1S/C10H13N3O3S/c1-17(14,15)6-4-13-7-8(11)10(12-13)9-3-2-5-16-9/h2-3,5,7H,4,6,11H2,1H3. The van der Waals surface area contributed by atoms with E-state index in [2.05, 4.69) is 5.10 Å². The molecule has 0 aliphatic carbocycles. The van der Waals surface area contributed by atoms with Crippen LogP contribution in [0, 0.1) is 0 Å². The number of sulfone groups is 1. The number of rotatable bonds is 4. The molecular weight excluding hydrogens is 242 g/mol. The van der Waals surface area contributed by atoms with Gasteiger partial charge in [0.1, 0.15) is 9.84 Å². The van der Waals surface area contributed by atoms with Crippen LogP contribution < -0.4 is 5.73 Å². The highest BCUT2D eigenvalue weighted by Crippen LogP contribution is 2.23. The van der Waals surface area contributed by atoms with Crippen molar-refractivity contribution in [2.24, 2.45) is 0 Å². The number of aryl methyl sites for hydroxylation is 1. The molecule has 0 amide bonds. The quantitative estimate of drug-likeness (QED) is 0.871. The zero-order valence-electron chi connectivity index (χ0n) is 9.33. The number of nitrogen functional groups attached to an aromatic ring is 1. The molecule has 2 aromatic rings. The van der Waals surface area contributed by atoms with E-state index in [1.54, 1.807) is 18.3 Å². The zero-order chi connectivity index (χ0) is 12.5. The second kappa shape index (κ2) is 4.25. The summed E-state index contributed by atoms with van der Waals surface area (Å²) in [6.07, 6.45) is 4.32. The molecule has 2 N–H and O–H groups in total. The van der Waals surface area contributed by atoms with Crippen molar-refractivity contribution in [3.05, 3.63) is 24.6 Å². The number of aromatic nitrogens is 2. The fourth-order valence-electron chi connectivity index (χ4n) is 1.42. The maximum Gasteiger partial charge on any atom is 0.156 e. The highest BCUT2D eigenvalue weighted by atomic mass is 32.2. The summed E-state index contributed by atoms with van der Waals surface area (Å²) in [6, 6.07) is 3.49. The van der Waals surface area contributed by atoms with Crippen LogP contribution in [0.25, 0.3) is 11.5 Å². The molecule has 0 spiro atoms. The first kappa shape index (κ1) is 11.7. The zero-order valence-corrected chi connectivity index (χ0v) is 10.1. The average Bonchev–Trinajstić information content (AvgIpc) is 2.82. The van der Waals surface area contributed by atoms with Crippen molar-refractivity contribution in [1.82, 2.24) is 9.78 Å². The van der Waals surface area contributed by atoms with E-state index in [1.165, 1.54) is 17.2 Å². The number of nitrogens with zero attached hydrogens (tertiary/aromatic N) is 2. The van der Waals surface area contributed by atoms with Crippen LogP contribution in [-0.4, -0.2) is 30.2 Å². The van der Waals surface area contributed by atoms with E-state index in [4.69, 9.17) is 10.2 Å². The van der Waals surface area contributed by atoms with Gasteiger partial charge >= 0.3 is 0 Å². The summed E-state index contributed by atoms with van der Waals surface area (Å²) in [5.41, 5.74) is 6.78. The third-order valence-electron chi connectivity index (χ3n) is 2.24. The summed E-state index contributed by atoms with van der Waals surface area (Å²) in [4.78, 5) is 0. The van der Waals surface area contributed by atoms with Gasteiger partial charge in [0.15, 0.2) is 11.5 Å². The number of furan rings is 1. The van der Waals surface area contributed by atoms with E-state index in [1.807, 2.05) is 0 Å². The summed E-state index contributed by atoms with van der Waals surface area (Å²) < 4.78 is 28.8. The van der Waals surface area contributed by atoms with Crippen molar-refractivity contribution < 1.29 is 12.8 Å². The lowest BCUT2D eigenvalue weighted by atomic mass is 10.3. The van der Waals surface area contributed by atoms with E-state index in [9.17, 15) is 8.42 Å². The van der Waals surface area contributed by atoms with Gasteiger partial charge in [-0.3, -0.25) is 4.68 Å². The van der Waals surface area contributed by atoms with E-state index in [0.29, 0.717) is 17.1 Å². The molecule has 92 valence electrons. The van der Waals surface area contributed by atoms with Gasteiger partial charge in [-0.2, -0.15) is 5.10 Å². The Bertz CT molecular complexity index is 599. The molecule has 2 rings (SSSR count). The summed E-state index contributed by atoms with van der Waals surface area (Å²) >= 11 is 0. The molecule has 0 aromatic carbocycles. The molecule has 0 aliphatic rings. The molecule has 0 unspecified atom stereocenters. The van der Waals surface area contributed by atoms with Crippen LogP contribution in [0.3, 0.4) is 0 Å². The van der Waals surface area contributed by atoms with E-state index in [-0.39, 0.29) is 12.3 Å². The molecule has 0 aliphatic heterocycles. The third kappa shape index (κ3) is 2.88. The fraction of sp³-hybridized carbons (Fsp3) is 0.300. The van der Waals surface area contributed by atoms with Crippen LogP contribution >= 0.6 is 0 Å². The molecule has 0 saturated heterocycles. The van der Waals surface area contributed by atoms with Crippen molar-refractivity contribution in [2.45, 2.75) is 6.54 Å². The SMILES string of the molecule is CS(=O)(=O)CCn1cc(N)c(-c2ccco2)n1. The Balaban J connectivity index is 2.20. The lowest BCUT2D eigenvalue weighted by Crippen LogP contribution is -2.11. The van der Waals surface area contributed by atoms with Crippen LogP contribution in [0.15, 0.2) is 29.0 Å². The molecule has 2 aromatic heterocycles. The third-order valence-corrected chi connectivity index (χ3v) is 3.16. The second-order valence-corrected chi connectivity index (χ2v) is 6.06. The normalized spacial score (nSPS) is 11.8. The summed E-state index contributed by atoms with van der Waals surface area (Å²) in [5, 5.41) is 4.19. The first-order chi connectivity index (χ1) is 7.96. The Kier molecular flexibility index (Phi) is 2.93. The molecule has 6 nitrogen and oxygen atoms in total. The van der Waals surface area contributed by atoms with Crippen molar-refractivity contribution >= 4 is 15.5 Å². The molecule has 2 heterocycles. The van der Waals surface area contributed by atoms with Crippen molar-refractivity contribution in [2.75, 3.05) is 17.7 Å². The Morgan fingerprint density at radius 3 is 2.88 bits per heavy atom. The minimum atomic E-state index is -3.00.